The summed E-state index contributed by atoms with van der Waals surface area (Å²) in [6.07, 6.45) is -5.40. The minimum absolute atomic E-state index is 0.0397. The molecular weight excluding hydrogens is 249 g/mol. The molecule has 0 spiro atoms. The zero-order valence-electron chi connectivity index (χ0n) is 10.00. The van der Waals surface area contributed by atoms with Gasteiger partial charge in [0.1, 0.15) is 0 Å². The van der Waals surface area contributed by atoms with E-state index in [9.17, 15) is 13.2 Å². The van der Waals surface area contributed by atoms with E-state index in [2.05, 4.69) is 20.4 Å². The van der Waals surface area contributed by atoms with E-state index in [-0.39, 0.29) is 18.4 Å². The third-order valence-electron chi connectivity index (χ3n) is 2.92. The molecule has 0 radical (unpaired) electrons. The van der Waals surface area contributed by atoms with Gasteiger partial charge in [-0.3, -0.25) is 4.90 Å². The van der Waals surface area contributed by atoms with Gasteiger partial charge in [0.05, 0.1) is 12.5 Å². The van der Waals surface area contributed by atoms with Crippen LogP contribution in [0.2, 0.25) is 0 Å². The van der Waals surface area contributed by atoms with Crippen molar-refractivity contribution in [3.8, 4) is 0 Å². The number of piperazine rings is 1. The Hall–Kier alpha value is -1.15. The van der Waals surface area contributed by atoms with Crippen molar-refractivity contribution in [1.82, 2.24) is 20.4 Å². The van der Waals surface area contributed by atoms with Gasteiger partial charge in [-0.25, -0.2) is 0 Å². The lowest BCUT2D eigenvalue weighted by atomic mass is 10.2. The summed E-state index contributed by atoms with van der Waals surface area (Å²) in [5.74, 6) is 0.489. The van der Waals surface area contributed by atoms with E-state index >= 15 is 0 Å². The molecule has 1 atom stereocenters. The summed E-state index contributed by atoms with van der Waals surface area (Å²) >= 11 is 0. The molecule has 0 aromatic carbocycles. The largest absolute Gasteiger partial charge is 0.389 e. The minimum atomic E-state index is -4.20. The lowest BCUT2D eigenvalue weighted by molar-refractivity contribution is -0.134. The van der Waals surface area contributed by atoms with Gasteiger partial charge in [0, 0.05) is 26.1 Å². The molecule has 102 valence electrons. The predicted octanol–water partition coefficient (Wildman–Crippen LogP) is 1.14. The summed E-state index contributed by atoms with van der Waals surface area (Å²) < 4.78 is 41.0. The maximum Gasteiger partial charge on any atom is 0.389 e. The number of likely N-dealkylation sites (N-methyl/N-ethyl adjacent to an activating group) is 1. The van der Waals surface area contributed by atoms with Gasteiger partial charge in [-0.15, -0.1) is 0 Å². The van der Waals surface area contributed by atoms with Gasteiger partial charge >= 0.3 is 6.18 Å². The topological polar surface area (TPSA) is 54.2 Å². The first kappa shape index (κ1) is 13.3. The van der Waals surface area contributed by atoms with E-state index in [1.807, 2.05) is 7.05 Å². The van der Waals surface area contributed by atoms with Crippen molar-refractivity contribution in [2.45, 2.75) is 25.1 Å². The Labute approximate surface area is 102 Å². The molecule has 1 aliphatic heterocycles. The van der Waals surface area contributed by atoms with Crippen LogP contribution in [0.25, 0.3) is 0 Å². The Bertz CT molecular complexity index is 393. The standard InChI is InChI=1S/C10H15F3N4O/c1-17-5-4-14-6-7(17)9-15-8(18-16-9)2-3-10(11,12)13/h7,14H,2-6H2,1H3. The van der Waals surface area contributed by atoms with E-state index in [0.29, 0.717) is 12.4 Å². The molecule has 1 aromatic rings. The molecule has 0 saturated carbocycles. The number of hydrogen-bond acceptors (Lipinski definition) is 5. The highest BCUT2D eigenvalue weighted by molar-refractivity contribution is 4.97. The third kappa shape index (κ3) is 3.42. The lowest BCUT2D eigenvalue weighted by Gasteiger charge is -2.30. The quantitative estimate of drug-likeness (QED) is 0.887. The molecule has 5 nitrogen and oxygen atoms in total. The Morgan fingerprint density at radius 2 is 2.28 bits per heavy atom. The first-order valence-electron chi connectivity index (χ1n) is 5.76. The molecule has 2 rings (SSSR count). The Kier molecular flexibility index (Phi) is 3.86. The van der Waals surface area contributed by atoms with E-state index in [4.69, 9.17) is 4.52 Å². The van der Waals surface area contributed by atoms with E-state index in [0.717, 1.165) is 13.1 Å². The Morgan fingerprint density at radius 1 is 1.50 bits per heavy atom. The van der Waals surface area contributed by atoms with Gasteiger partial charge in [0.2, 0.25) is 5.89 Å². The number of alkyl halides is 3. The number of nitrogens with zero attached hydrogens (tertiary/aromatic N) is 3. The molecule has 0 bridgehead atoms. The number of aryl methyl sites for hydroxylation is 1. The monoisotopic (exact) mass is 264 g/mol. The fourth-order valence-electron chi connectivity index (χ4n) is 1.85. The van der Waals surface area contributed by atoms with Gasteiger partial charge in [0.25, 0.3) is 0 Å². The number of rotatable bonds is 3. The van der Waals surface area contributed by atoms with Crippen LogP contribution in [0.1, 0.15) is 24.2 Å². The van der Waals surface area contributed by atoms with Crippen molar-refractivity contribution in [3.05, 3.63) is 11.7 Å². The molecule has 1 aliphatic rings. The van der Waals surface area contributed by atoms with Crippen molar-refractivity contribution in [2.24, 2.45) is 0 Å². The fourth-order valence-corrected chi connectivity index (χ4v) is 1.85. The molecule has 0 aliphatic carbocycles. The van der Waals surface area contributed by atoms with Crippen molar-refractivity contribution in [2.75, 3.05) is 26.7 Å². The summed E-state index contributed by atoms with van der Waals surface area (Å²) in [5, 5.41) is 6.94. The van der Waals surface area contributed by atoms with Crippen LogP contribution in [0.5, 0.6) is 0 Å². The van der Waals surface area contributed by atoms with Crippen molar-refractivity contribution in [1.29, 1.82) is 0 Å². The van der Waals surface area contributed by atoms with E-state index < -0.39 is 12.6 Å². The van der Waals surface area contributed by atoms with Crippen LogP contribution < -0.4 is 5.32 Å². The van der Waals surface area contributed by atoms with Gasteiger partial charge < -0.3 is 9.84 Å². The Morgan fingerprint density at radius 3 is 2.94 bits per heavy atom. The second kappa shape index (κ2) is 5.23. The molecule has 1 saturated heterocycles. The van der Waals surface area contributed by atoms with Gasteiger partial charge in [-0.2, -0.15) is 18.2 Å². The zero-order chi connectivity index (χ0) is 13.2. The Balaban J connectivity index is 1.97. The SMILES string of the molecule is CN1CCNCC1c1noc(CCC(F)(F)F)n1. The first-order chi connectivity index (χ1) is 8.46. The van der Waals surface area contributed by atoms with Crippen molar-refractivity contribution < 1.29 is 17.7 Å². The minimum Gasteiger partial charge on any atom is -0.339 e. The highest BCUT2D eigenvalue weighted by Gasteiger charge is 2.29. The normalized spacial score (nSPS) is 22.3. The van der Waals surface area contributed by atoms with Crippen molar-refractivity contribution in [3.63, 3.8) is 0 Å². The average Bonchev–Trinajstić information content (AvgIpc) is 2.75. The van der Waals surface area contributed by atoms with Crippen molar-refractivity contribution >= 4 is 0 Å². The smallest absolute Gasteiger partial charge is 0.339 e. The van der Waals surface area contributed by atoms with Crippen LogP contribution in [-0.2, 0) is 6.42 Å². The summed E-state index contributed by atoms with van der Waals surface area (Å²) in [4.78, 5) is 6.08. The van der Waals surface area contributed by atoms with Crippen LogP contribution in [0.4, 0.5) is 13.2 Å². The maximum atomic E-state index is 12.1. The van der Waals surface area contributed by atoms with Crippen LogP contribution in [0.15, 0.2) is 4.52 Å². The summed E-state index contributed by atoms with van der Waals surface area (Å²) in [5.41, 5.74) is 0. The molecule has 1 N–H and O–H groups in total. The van der Waals surface area contributed by atoms with E-state index in [1.54, 1.807) is 0 Å². The third-order valence-corrected chi connectivity index (χ3v) is 2.92. The second-order valence-corrected chi connectivity index (χ2v) is 4.36. The predicted molar refractivity (Wildman–Crippen MR) is 56.9 cm³/mol. The molecule has 2 heterocycles. The van der Waals surface area contributed by atoms with E-state index in [1.165, 1.54) is 0 Å². The zero-order valence-corrected chi connectivity index (χ0v) is 10.00. The van der Waals surface area contributed by atoms with Crippen LogP contribution in [-0.4, -0.2) is 47.9 Å². The number of aromatic nitrogens is 2. The molecule has 18 heavy (non-hydrogen) atoms. The highest BCUT2D eigenvalue weighted by atomic mass is 19.4. The van der Waals surface area contributed by atoms with Crippen LogP contribution in [0, 0.1) is 0 Å². The van der Waals surface area contributed by atoms with Crippen LogP contribution in [0.3, 0.4) is 0 Å². The molecular formula is C10H15F3N4O. The summed E-state index contributed by atoms with van der Waals surface area (Å²) in [6, 6.07) is -0.0397. The van der Waals surface area contributed by atoms with Gasteiger partial charge in [-0.05, 0) is 7.05 Å². The molecule has 8 heteroatoms. The molecule has 0 amide bonds. The highest BCUT2D eigenvalue weighted by Crippen LogP contribution is 2.23. The molecule has 1 aromatic heterocycles. The number of hydrogen-bond donors (Lipinski definition) is 1. The fraction of sp³-hybridized carbons (Fsp3) is 0.800. The summed E-state index contributed by atoms with van der Waals surface area (Å²) in [7, 11) is 1.93. The van der Waals surface area contributed by atoms with Gasteiger partial charge in [0.15, 0.2) is 5.82 Å². The number of nitrogens with one attached hydrogen (secondary N) is 1. The lowest BCUT2D eigenvalue weighted by Crippen LogP contribution is -2.44. The number of halogens is 3. The van der Waals surface area contributed by atoms with Gasteiger partial charge in [-0.1, -0.05) is 5.16 Å². The first-order valence-corrected chi connectivity index (χ1v) is 5.76. The summed E-state index contributed by atoms with van der Waals surface area (Å²) in [6.45, 7) is 2.40. The molecule has 1 fully saturated rings. The molecule has 1 unspecified atom stereocenters. The van der Waals surface area contributed by atoms with Crippen LogP contribution >= 0.6 is 0 Å². The average molecular weight is 264 g/mol. The second-order valence-electron chi connectivity index (χ2n) is 4.36. The maximum absolute atomic E-state index is 12.1.